The van der Waals surface area contributed by atoms with Crippen LogP contribution in [0.2, 0.25) is 0 Å². The van der Waals surface area contributed by atoms with E-state index in [0.717, 1.165) is 54.7 Å². The molecule has 0 radical (unpaired) electrons. The number of allylic oxidation sites excluding steroid dienone is 2. The zero-order chi connectivity index (χ0) is 19.7. The Labute approximate surface area is 165 Å². The van der Waals surface area contributed by atoms with Gasteiger partial charge in [0.05, 0.1) is 5.30 Å². The van der Waals surface area contributed by atoms with Crippen LogP contribution < -0.4 is 20.1 Å². The van der Waals surface area contributed by atoms with Gasteiger partial charge >= 0.3 is 0 Å². The lowest BCUT2D eigenvalue weighted by molar-refractivity contribution is 0.174. The standard InChI is InChI=1S/C23H26FO3P/c1-3-5-7-18-19-13-14-20-22(27-15-26-20)23(19)28(25,21(18)8-6-4-2)17-11-9-16(24)10-12-17/h9-14H,3-8,15H2,1-2H3. The van der Waals surface area contributed by atoms with Crippen molar-refractivity contribution in [3.8, 4) is 11.5 Å². The Morgan fingerprint density at radius 3 is 2.39 bits per heavy atom. The first kappa shape index (κ1) is 19.3. The molecule has 0 bridgehead atoms. The molecule has 0 N–H and O–H groups in total. The summed E-state index contributed by atoms with van der Waals surface area (Å²) in [5.41, 5.74) is 2.22. The van der Waals surface area contributed by atoms with Crippen molar-refractivity contribution in [3.05, 3.63) is 53.1 Å². The molecule has 0 saturated heterocycles. The molecule has 2 aliphatic rings. The van der Waals surface area contributed by atoms with E-state index in [1.54, 1.807) is 12.1 Å². The second kappa shape index (κ2) is 7.75. The van der Waals surface area contributed by atoms with E-state index in [1.165, 1.54) is 17.7 Å². The van der Waals surface area contributed by atoms with E-state index in [-0.39, 0.29) is 12.6 Å². The first-order valence-corrected chi connectivity index (χ1v) is 11.8. The molecule has 0 spiro atoms. The highest BCUT2D eigenvalue weighted by Gasteiger charge is 2.45. The van der Waals surface area contributed by atoms with Crippen LogP contribution in [0.3, 0.4) is 0 Å². The molecular weight excluding hydrogens is 374 g/mol. The van der Waals surface area contributed by atoms with Crippen LogP contribution in [-0.2, 0) is 4.57 Å². The van der Waals surface area contributed by atoms with Crippen LogP contribution in [0.15, 0.2) is 41.7 Å². The normalized spacial score (nSPS) is 20.0. The monoisotopic (exact) mass is 400 g/mol. The van der Waals surface area contributed by atoms with Gasteiger partial charge in [-0.2, -0.15) is 0 Å². The van der Waals surface area contributed by atoms with Gasteiger partial charge in [0.2, 0.25) is 6.79 Å². The fourth-order valence-electron chi connectivity index (χ4n) is 4.22. The predicted octanol–water partition coefficient (Wildman–Crippen LogP) is 5.97. The summed E-state index contributed by atoms with van der Waals surface area (Å²) in [6.45, 7) is 4.46. The molecule has 148 valence electrons. The molecule has 0 amide bonds. The smallest absolute Gasteiger partial charge is 0.231 e. The third-order valence-corrected chi connectivity index (χ3v) is 8.97. The summed E-state index contributed by atoms with van der Waals surface area (Å²) in [6.07, 6.45) is 5.81. The Kier molecular flexibility index (Phi) is 5.33. The highest BCUT2D eigenvalue weighted by atomic mass is 31.2. The predicted molar refractivity (Wildman–Crippen MR) is 112 cm³/mol. The molecule has 1 atom stereocenters. The third-order valence-electron chi connectivity index (χ3n) is 5.62. The Hall–Kier alpha value is -2.06. The largest absolute Gasteiger partial charge is 0.454 e. The number of rotatable bonds is 7. The molecule has 2 aromatic rings. The summed E-state index contributed by atoms with van der Waals surface area (Å²) in [5.74, 6) is 0.927. The van der Waals surface area contributed by atoms with Gasteiger partial charge in [-0.05, 0) is 73.2 Å². The average molecular weight is 400 g/mol. The Bertz CT molecular complexity index is 963. The molecule has 0 aromatic heterocycles. The Morgan fingerprint density at radius 1 is 0.964 bits per heavy atom. The first-order valence-electron chi connectivity index (χ1n) is 10.1. The summed E-state index contributed by atoms with van der Waals surface area (Å²) in [7, 11) is -3.10. The number of fused-ring (bicyclic) bond motifs is 3. The van der Waals surface area contributed by atoms with E-state index in [0.29, 0.717) is 16.8 Å². The maximum Gasteiger partial charge on any atom is 0.231 e. The quantitative estimate of drug-likeness (QED) is 0.537. The van der Waals surface area contributed by atoms with Gasteiger partial charge in [0, 0.05) is 10.6 Å². The van der Waals surface area contributed by atoms with Crippen molar-refractivity contribution in [3.63, 3.8) is 0 Å². The van der Waals surface area contributed by atoms with Crippen LogP contribution in [-0.4, -0.2) is 6.79 Å². The average Bonchev–Trinajstić information content (AvgIpc) is 3.26. The van der Waals surface area contributed by atoms with E-state index < -0.39 is 7.14 Å². The molecule has 2 heterocycles. The topological polar surface area (TPSA) is 35.5 Å². The van der Waals surface area contributed by atoms with E-state index in [1.807, 2.05) is 12.1 Å². The van der Waals surface area contributed by atoms with Crippen LogP contribution in [0.4, 0.5) is 4.39 Å². The van der Waals surface area contributed by atoms with Gasteiger partial charge in [-0.1, -0.05) is 26.7 Å². The number of ether oxygens (including phenoxy) is 2. The van der Waals surface area contributed by atoms with E-state index in [9.17, 15) is 8.96 Å². The van der Waals surface area contributed by atoms with E-state index in [2.05, 4.69) is 13.8 Å². The summed E-state index contributed by atoms with van der Waals surface area (Å²) >= 11 is 0. The van der Waals surface area contributed by atoms with Crippen molar-refractivity contribution in [1.82, 2.24) is 0 Å². The minimum atomic E-state index is -3.10. The lowest BCUT2D eigenvalue weighted by Crippen LogP contribution is -2.17. The number of unbranched alkanes of at least 4 members (excludes halogenated alkanes) is 2. The van der Waals surface area contributed by atoms with Gasteiger partial charge in [-0.25, -0.2) is 4.39 Å². The molecule has 28 heavy (non-hydrogen) atoms. The Balaban J connectivity index is 1.98. The van der Waals surface area contributed by atoms with Crippen LogP contribution >= 0.6 is 7.14 Å². The van der Waals surface area contributed by atoms with Gasteiger partial charge in [0.15, 0.2) is 18.6 Å². The van der Waals surface area contributed by atoms with Gasteiger partial charge < -0.3 is 14.0 Å². The molecule has 0 fully saturated rings. The zero-order valence-corrected chi connectivity index (χ0v) is 17.4. The molecule has 5 heteroatoms. The van der Waals surface area contributed by atoms with Gasteiger partial charge in [-0.3, -0.25) is 0 Å². The number of hydrogen-bond acceptors (Lipinski definition) is 3. The summed E-state index contributed by atoms with van der Waals surface area (Å²) in [6, 6.07) is 10.1. The number of benzene rings is 2. The Morgan fingerprint density at radius 2 is 1.68 bits per heavy atom. The molecule has 1 unspecified atom stereocenters. The van der Waals surface area contributed by atoms with E-state index in [4.69, 9.17) is 9.47 Å². The van der Waals surface area contributed by atoms with Crippen molar-refractivity contribution >= 4 is 23.3 Å². The van der Waals surface area contributed by atoms with Crippen molar-refractivity contribution < 1.29 is 18.4 Å². The van der Waals surface area contributed by atoms with Gasteiger partial charge in [0.25, 0.3) is 0 Å². The lowest BCUT2D eigenvalue weighted by Gasteiger charge is -2.20. The second-order valence-electron chi connectivity index (χ2n) is 7.41. The molecular formula is C23H26FO3P. The molecule has 2 aromatic carbocycles. The lowest BCUT2D eigenvalue weighted by atomic mass is 9.98. The fraction of sp³-hybridized carbons (Fsp3) is 0.391. The maximum absolute atomic E-state index is 14.8. The fourth-order valence-corrected chi connectivity index (χ4v) is 7.72. The molecule has 3 nitrogen and oxygen atoms in total. The molecule has 2 aliphatic heterocycles. The second-order valence-corrected chi connectivity index (χ2v) is 10.1. The van der Waals surface area contributed by atoms with Gasteiger partial charge in [-0.15, -0.1) is 0 Å². The number of hydrogen-bond donors (Lipinski definition) is 0. The summed E-state index contributed by atoms with van der Waals surface area (Å²) in [4.78, 5) is 0. The number of halogens is 1. The molecule has 0 aliphatic carbocycles. The van der Waals surface area contributed by atoms with Crippen molar-refractivity contribution in [2.45, 2.75) is 52.4 Å². The maximum atomic E-state index is 14.8. The highest BCUT2D eigenvalue weighted by molar-refractivity contribution is 7.83. The SMILES string of the molecule is CCCCC1=C(CCCC)P(=O)(c2ccc(F)cc2)c2c1ccc1c2OCO1. The van der Waals surface area contributed by atoms with Gasteiger partial charge in [0.1, 0.15) is 5.82 Å². The minimum Gasteiger partial charge on any atom is -0.454 e. The van der Waals surface area contributed by atoms with Crippen molar-refractivity contribution in [1.29, 1.82) is 0 Å². The van der Waals surface area contributed by atoms with E-state index >= 15 is 0 Å². The van der Waals surface area contributed by atoms with Crippen LogP contribution in [0.25, 0.3) is 5.57 Å². The highest BCUT2D eigenvalue weighted by Crippen LogP contribution is 2.65. The molecule has 4 rings (SSSR count). The third kappa shape index (κ3) is 2.99. The summed E-state index contributed by atoms with van der Waals surface area (Å²) in [5, 5.41) is 2.45. The van der Waals surface area contributed by atoms with Crippen LogP contribution in [0, 0.1) is 5.82 Å². The summed E-state index contributed by atoms with van der Waals surface area (Å²) < 4.78 is 39.8. The first-order chi connectivity index (χ1) is 13.6. The van der Waals surface area contributed by atoms with Crippen molar-refractivity contribution in [2.75, 3.05) is 6.79 Å². The van der Waals surface area contributed by atoms with Crippen molar-refractivity contribution in [2.24, 2.45) is 0 Å². The van der Waals surface area contributed by atoms with Crippen LogP contribution in [0.5, 0.6) is 11.5 Å². The van der Waals surface area contributed by atoms with Crippen LogP contribution in [0.1, 0.15) is 57.9 Å². The minimum absolute atomic E-state index is 0.143. The zero-order valence-electron chi connectivity index (χ0n) is 16.5. The molecule has 0 saturated carbocycles.